The van der Waals surface area contributed by atoms with E-state index in [1.54, 1.807) is 7.11 Å². The lowest BCUT2D eigenvalue weighted by atomic mass is 10.1. The fraction of sp³-hybridized carbons (Fsp3) is 0.500. The number of likely N-dealkylation sites (N-methyl/N-ethyl adjacent to an activating group) is 1. The monoisotopic (exact) mass is 326 g/mol. The Labute approximate surface area is 122 Å². The molecule has 1 fully saturated rings. The predicted octanol–water partition coefficient (Wildman–Crippen LogP) is 2.28. The molecule has 1 aromatic carbocycles. The Morgan fingerprint density at radius 3 is 3.05 bits per heavy atom. The normalized spacial score (nSPS) is 18.7. The van der Waals surface area contributed by atoms with Crippen molar-refractivity contribution in [3.8, 4) is 5.75 Å². The first-order valence-electron chi connectivity index (χ1n) is 6.46. The van der Waals surface area contributed by atoms with Crippen LogP contribution in [0.4, 0.5) is 0 Å². The molecule has 1 heterocycles. The van der Waals surface area contributed by atoms with Crippen molar-refractivity contribution in [2.24, 2.45) is 0 Å². The van der Waals surface area contributed by atoms with Gasteiger partial charge in [0.25, 0.3) is 5.91 Å². The fourth-order valence-corrected chi connectivity index (χ4v) is 2.89. The van der Waals surface area contributed by atoms with Gasteiger partial charge in [0.2, 0.25) is 0 Å². The maximum absolute atomic E-state index is 12.6. The maximum atomic E-state index is 12.6. The summed E-state index contributed by atoms with van der Waals surface area (Å²) in [5.41, 5.74) is 0.633. The first kappa shape index (κ1) is 14.3. The van der Waals surface area contributed by atoms with Gasteiger partial charge in [-0.05, 0) is 38.1 Å². The standard InChI is InChI=1S/C14H19BrN2O2/c1-16-9-11-4-3-7-17(11)14(18)12-6-5-10(15)8-13(12)19-2/h5-6,8,11,16H,3-4,7,9H2,1-2H3. The summed E-state index contributed by atoms with van der Waals surface area (Å²) < 4.78 is 6.22. The summed E-state index contributed by atoms with van der Waals surface area (Å²) in [6.07, 6.45) is 2.13. The molecule has 0 aliphatic carbocycles. The van der Waals surface area contributed by atoms with E-state index in [9.17, 15) is 4.79 Å². The van der Waals surface area contributed by atoms with Gasteiger partial charge in [0, 0.05) is 23.6 Å². The molecular formula is C14H19BrN2O2. The number of rotatable bonds is 4. The van der Waals surface area contributed by atoms with Crippen molar-refractivity contribution in [3.05, 3.63) is 28.2 Å². The molecule has 104 valence electrons. The highest BCUT2D eigenvalue weighted by molar-refractivity contribution is 9.10. The Kier molecular flexibility index (Phi) is 4.82. The number of carbonyl (C=O) groups excluding carboxylic acids is 1. The Balaban J connectivity index is 2.23. The van der Waals surface area contributed by atoms with Gasteiger partial charge in [-0.15, -0.1) is 0 Å². The molecule has 1 unspecified atom stereocenters. The first-order valence-corrected chi connectivity index (χ1v) is 7.25. The lowest BCUT2D eigenvalue weighted by Gasteiger charge is -2.25. The van der Waals surface area contributed by atoms with Crippen molar-refractivity contribution in [2.75, 3.05) is 27.2 Å². The average Bonchev–Trinajstić information content (AvgIpc) is 2.86. The van der Waals surface area contributed by atoms with E-state index in [0.717, 1.165) is 30.4 Å². The van der Waals surface area contributed by atoms with Gasteiger partial charge < -0.3 is 15.0 Å². The Morgan fingerprint density at radius 2 is 2.37 bits per heavy atom. The summed E-state index contributed by atoms with van der Waals surface area (Å²) in [5, 5.41) is 3.15. The van der Waals surface area contributed by atoms with Crippen molar-refractivity contribution in [2.45, 2.75) is 18.9 Å². The van der Waals surface area contributed by atoms with Crippen LogP contribution in [-0.2, 0) is 0 Å². The van der Waals surface area contributed by atoms with E-state index in [1.807, 2.05) is 30.1 Å². The van der Waals surface area contributed by atoms with Gasteiger partial charge in [-0.2, -0.15) is 0 Å². The Morgan fingerprint density at radius 1 is 1.58 bits per heavy atom. The van der Waals surface area contributed by atoms with Crippen LogP contribution in [0.25, 0.3) is 0 Å². The Bertz CT molecular complexity index is 465. The summed E-state index contributed by atoms with van der Waals surface area (Å²) >= 11 is 3.39. The number of methoxy groups -OCH3 is 1. The van der Waals surface area contributed by atoms with Crippen molar-refractivity contribution in [1.29, 1.82) is 0 Å². The minimum atomic E-state index is 0.0575. The fourth-order valence-electron chi connectivity index (χ4n) is 2.55. The average molecular weight is 327 g/mol. The third-order valence-corrected chi connectivity index (χ3v) is 3.96. The number of amides is 1. The Hall–Kier alpha value is -1.07. The SMILES string of the molecule is CNCC1CCCN1C(=O)c1ccc(Br)cc1OC. The van der Waals surface area contributed by atoms with Crippen LogP contribution in [0.5, 0.6) is 5.75 Å². The van der Waals surface area contributed by atoms with Gasteiger partial charge in [-0.1, -0.05) is 15.9 Å². The summed E-state index contributed by atoms with van der Waals surface area (Å²) in [5.74, 6) is 0.677. The minimum absolute atomic E-state index is 0.0575. The van der Waals surface area contributed by atoms with Crippen LogP contribution < -0.4 is 10.1 Å². The van der Waals surface area contributed by atoms with Crippen LogP contribution in [-0.4, -0.2) is 44.1 Å². The molecule has 2 rings (SSSR count). The van der Waals surface area contributed by atoms with Gasteiger partial charge in [-0.3, -0.25) is 4.79 Å². The van der Waals surface area contributed by atoms with E-state index >= 15 is 0 Å². The van der Waals surface area contributed by atoms with E-state index in [0.29, 0.717) is 11.3 Å². The molecule has 0 bridgehead atoms. The number of hydrogen-bond donors (Lipinski definition) is 1. The second kappa shape index (κ2) is 6.39. The van der Waals surface area contributed by atoms with Crippen molar-refractivity contribution >= 4 is 21.8 Å². The van der Waals surface area contributed by atoms with Crippen LogP contribution in [0.3, 0.4) is 0 Å². The summed E-state index contributed by atoms with van der Waals surface area (Å²) in [6, 6.07) is 5.81. The summed E-state index contributed by atoms with van der Waals surface area (Å²) in [6.45, 7) is 1.66. The largest absolute Gasteiger partial charge is 0.496 e. The van der Waals surface area contributed by atoms with Crippen molar-refractivity contribution < 1.29 is 9.53 Å². The smallest absolute Gasteiger partial charge is 0.257 e. The van der Waals surface area contributed by atoms with Crippen LogP contribution in [0.1, 0.15) is 23.2 Å². The van der Waals surface area contributed by atoms with Crippen LogP contribution in [0.15, 0.2) is 22.7 Å². The molecule has 19 heavy (non-hydrogen) atoms. The first-order chi connectivity index (χ1) is 9.17. The highest BCUT2D eigenvalue weighted by atomic mass is 79.9. The molecule has 0 saturated carbocycles. The molecule has 1 atom stereocenters. The third kappa shape index (κ3) is 3.09. The molecular weight excluding hydrogens is 308 g/mol. The maximum Gasteiger partial charge on any atom is 0.257 e. The topological polar surface area (TPSA) is 41.6 Å². The molecule has 0 radical (unpaired) electrons. The van der Waals surface area contributed by atoms with Gasteiger partial charge in [-0.25, -0.2) is 0 Å². The quantitative estimate of drug-likeness (QED) is 0.923. The van der Waals surface area contributed by atoms with Crippen LogP contribution in [0, 0.1) is 0 Å². The number of benzene rings is 1. The van der Waals surface area contributed by atoms with Crippen LogP contribution in [0.2, 0.25) is 0 Å². The van der Waals surface area contributed by atoms with Gasteiger partial charge in [0.15, 0.2) is 0 Å². The van der Waals surface area contributed by atoms with E-state index in [1.165, 1.54) is 0 Å². The second-order valence-corrected chi connectivity index (χ2v) is 5.61. The molecule has 1 aliphatic rings. The predicted molar refractivity (Wildman–Crippen MR) is 78.7 cm³/mol. The third-order valence-electron chi connectivity index (χ3n) is 3.47. The van der Waals surface area contributed by atoms with E-state index < -0.39 is 0 Å². The van der Waals surface area contributed by atoms with Crippen molar-refractivity contribution in [1.82, 2.24) is 10.2 Å². The molecule has 1 amide bonds. The van der Waals surface area contributed by atoms with Crippen LogP contribution >= 0.6 is 15.9 Å². The van der Waals surface area contributed by atoms with Crippen molar-refractivity contribution in [3.63, 3.8) is 0 Å². The van der Waals surface area contributed by atoms with E-state index in [-0.39, 0.29) is 11.9 Å². The number of likely N-dealkylation sites (tertiary alicyclic amines) is 1. The number of ether oxygens (including phenoxy) is 1. The molecule has 5 heteroatoms. The summed E-state index contributed by atoms with van der Waals surface area (Å²) in [7, 11) is 3.51. The highest BCUT2D eigenvalue weighted by Crippen LogP contribution is 2.27. The second-order valence-electron chi connectivity index (χ2n) is 4.70. The number of carbonyl (C=O) groups is 1. The van der Waals surface area contributed by atoms with Gasteiger partial charge in [0.05, 0.1) is 12.7 Å². The molecule has 1 aliphatic heterocycles. The number of nitrogens with one attached hydrogen (secondary N) is 1. The zero-order chi connectivity index (χ0) is 13.8. The molecule has 0 aromatic heterocycles. The summed E-state index contributed by atoms with van der Waals surface area (Å²) in [4.78, 5) is 14.6. The van der Waals surface area contributed by atoms with E-state index in [2.05, 4.69) is 21.2 Å². The zero-order valence-corrected chi connectivity index (χ0v) is 12.9. The molecule has 4 nitrogen and oxygen atoms in total. The zero-order valence-electron chi connectivity index (χ0n) is 11.3. The molecule has 1 saturated heterocycles. The van der Waals surface area contributed by atoms with Gasteiger partial charge >= 0.3 is 0 Å². The minimum Gasteiger partial charge on any atom is -0.496 e. The number of halogens is 1. The number of nitrogens with zero attached hydrogens (tertiary/aromatic N) is 1. The molecule has 0 spiro atoms. The lowest BCUT2D eigenvalue weighted by molar-refractivity contribution is 0.0733. The molecule has 1 aromatic rings. The lowest BCUT2D eigenvalue weighted by Crippen LogP contribution is -2.40. The number of hydrogen-bond acceptors (Lipinski definition) is 3. The highest BCUT2D eigenvalue weighted by Gasteiger charge is 2.30. The van der Waals surface area contributed by atoms with Gasteiger partial charge in [0.1, 0.15) is 5.75 Å². The molecule has 1 N–H and O–H groups in total. The van der Waals surface area contributed by atoms with E-state index in [4.69, 9.17) is 4.74 Å².